The van der Waals surface area contributed by atoms with E-state index >= 15 is 0 Å². The van der Waals surface area contributed by atoms with Gasteiger partial charge in [-0.05, 0) is 29.8 Å². The van der Waals surface area contributed by atoms with Crippen LogP contribution < -0.4 is 10.5 Å². The van der Waals surface area contributed by atoms with Gasteiger partial charge in [0.25, 0.3) is 0 Å². The van der Waals surface area contributed by atoms with Crippen LogP contribution in [0.3, 0.4) is 0 Å². The number of pyridine rings is 1. The molecule has 0 saturated carbocycles. The van der Waals surface area contributed by atoms with Crippen LogP contribution in [0.5, 0.6) is 11.5 Å². The standard InChI is InChI=1S/C24H18N4O/c25-24-21-20(15-26-22(23(21)27-28-24)17-7-3-1-4-8-17)16-11-13-19(14-12-16)29-18-9-5-2-6-10-18/h1-15H,(H3,25,27,28). The molecule has 5 rings (SSSR count). The topological polar surface area (TPSA) is 76.8 Å². The Hall–Kier alpha value is -4.12. The van der Waals surface area contributed by atoms with E-state index in [0.29, 0.717) is 5.82 Å². The number of aromatic nitrogens is 3. The maximum atomic E-state index is 6.20. The Morgan fingerprint density at radius 3 is 2.10 bits per heavy atom. The Morgan fingerprint density at radius 1 is 0.724 bits per heavy atom. The summed E-state index contributed by atoms with van der Waals surface area (Å²) in [6, 6.07) is 27.6. The van der Waals surface area contributed by atoms with Crippen LogP contribution in [0.1, 0.15) is 0 Å². The molecule has 0 atom stereocenters. The maximum absolute atomic E-state index is 6.20. The van der Waals surface area contributed by atoms with Crippen LogP contribution >= 0.6 is 0 Å². The van der Waals surface area contributed by atoms with Crippen LogP contribution in [0.2, 0.25) is 0 Å². The van der Waals surface area contributed by atoms with E-state index in [4.69, 9.17) is 15.5 Å². The lowest BCUT2D eigenvalue weighted by Crippen LogP contribution is -1.91. The highest BCUT2D eigenvalue weighted by atomic mass is 16.5. The molecular formula is C24H18N4O. The summed E-state index contributed by atoms with van der Waals surface area (Å²) in [7, 11) is 0. The molecule has 0 aliphatic rings. The van der Waals surface area contributed by atoms with Gasteiger partial charge in [0.2, 0.25) is 0 Å². The fourth-order valence-electron chi connectivity index (χ4n) is 3.42. The summed E-state index contributed by atoms with van der Waals surface area (Å²) >= 11 is 0. The minimum Gasteiger partial charge on any atom is -0.457 e. The summed E-state index contributed by atoms with van der Waals surface area (Å²) < 4.78 is 5.88. The average Bonchev–Trinajstić information content (AvgIpc) is 3.17. The summed E-state index contributed by atoms with van der Waals surface area (Å²) in [6.07, 6.45) is 1.85. The van der Waals surface area contributed by atoms with E-state index in [1.807, 2.05) is 91.1 Å². The van der Waals surface area contributed by atoms with E-state index in [9.17, 15) is 0 Å². The first-order valence-electron chi connectivity index (χ1n) is 9.31. The van der Waals surface area contributed by atoms with Crippen LogP contribution in [0.25, 0.3) is 33.3 Å². The number of rotatable bonds is 4. The summed E-state index contributed by atoms with van der Waals surface area (Å²) in [5.41, 5.74) is 10.8. The molecule has 0 aliphatic carbocycles. The molecule has 2 heterocycles. The number of nitrogen functional groups attached to an aromatic ring is 1. The van der Waals surface area contributed by atoms with Crippen molar-refractivity contribution < 1.29 is 4.74 Å². The summed E-state index contributed by atoms with van der Waals surface area (Å²) in [4.78, 5) is 4.70. The van der Waals surface area contributed by atoms with E-state index < -0.39 is 0 Å². The van der Waals surface area contributed by atoms with Crippen molar-refractivity contribution in [1.29, 1.82) is 0 Å². The molecule has 0 fully saturated rings. The van der Waals surface area contributed by atoms with Crippen LogP contribution in [0.15, 0.2) is 91.1 Å². The largest absolute Gasteiger partial charge is 0.457 e. The number of hydrogen-bond acceptors (Lipinski definition) is 4. The number of benzene rings is 3. The highest BCUT2D eigenvalue weighted by Gasteiger charge is 2.16. The summed E-state index contributed by atoms with van der Waals surface area (Å²) in [5, 5.41) is 8.15. The van der Waals surface area contributed by atoms with Crippen molar-refractivity contribution in [2.75, 3.05) is 5.73 Å². The van der Waals surface area contributed by atoms with E-state index in [-0.39, 0.29) is 0 Å². The van der Waals surface area contributed by atoms with Gasteiger partial charge in [-0.3, -0.25) is 10.1 Å². The first kappa shape index (κ1) is 17.0. The molecule has 0 amide bonds. The molecule has 2 aromatic heterocycles. The maximum Gasteiger partial charge on any atom is 0.153 e. The zero-order valence-electron chi connectivity index (χ0n) is 15.5. The molecule has 29 heavy (non-hydrogen) atoms. The van der Waals surface area contributed by atoms with Crippen LogP contribution in [0.4, 0.5) is 5.82 Å². The van der Waals surface area contributed by atoms with E-state index in [2.05, 4.69) is 10.2 Å². The molecule has 3 N–H and O–H groups in total. The van der Waals surface area contributed by atoms with Crippen molar-refractivity contribution in [1.82, 2.24) is 15.2 Å². The Morgan fingerprint density at radius 2 is 1.38 bits per heavy atom. The molecule has 0 aliphatic heterocycles. The van der Waals surface area contributed by atoms with Crippen molar-refractivity contribution in [3.05, 3.63) is 91.1 Å². The van der Waals surface area contributed by atoms with Gasteiger partial charge in [0.15, 0.2) is 5.82 Å². The van der Waals surface area contributed by atoms with Gasteiger partial charge in [-0.25, -0.2) is 0 Å². The van der Waals surface area contributed by atoms with Gasteiger partial charge in [-0.1, -0.05) is 60.7 Å². The number of para-hydroxylation sites is 1. The van der Waals surface area contributed by atoms with E-state index in [1.165, 1.54) is 0 Å². The van der Waals surface area contributed by atoms with Gasteiger partial charge in [0, 0.05) is 17.3 Å². The minimum absolute atomic E-state index is 0.458. The van der Waals surface area contributed by atoms with Crippen molar-refractivity contribution in [3.63, 3.8) is 0 Å². The van der Waals surface area contributed by atoms with Crippen molar-refractivity contribution in [2.24, 2.45) is 0 Å². The third kappa shape index (κ3) is 3.19. The number of aromatic amines is 1. The first-order chi connectivity index (χ1) is 14.3. The molecule has 0 spiro atoms. The normalized spacial score (nSPS) is 10.9. The van der Waals surface area contributed by atoms with Crippen LogP contribution in [-0.4, -0.2) is 15.2 Å². The van der Waals surface area contributed by atoms with Gasteiger partial charge in [-0.15, -0.1) is 0 Å². The number of H-pyrrole nitrogens is 1. The number of fused-ring (bicyclic) bond motifs is 1. The molecule has 140 valence electrons. The SMILES string of the molecule is Nc1n[nH]c2c(-c3ccccc3)ncc(-c3ccc(Oc4ccccc4)cc3)c12. The number of ether oxygens (including phenoxy) is 1. The fraction of sp³-hybridized carbons (Fsp3) is 0. The third-order valence-electron chi connectivity index (χ3n) is 4.81. The average molecular weight is 378 g/mol. The molecule has 5 heteroatoms. The van der Waals surface area contributed by atoms with Crippen molar-refractivity contribution >= 4 is 16.7 Å². The molecule has 5 aromatic rings. The monoisotopic (exact) mass is 378 g/mol. The predicted molar refractivity (Wildman–Crippen MR) is 116 cm³/mol. The molecule has 5 nitrogen and oxygen atoms in total. The number of hydrogen-bond donors (Lipinski definition) is 2. The molecule has 0 saturated heterocycles. The van der Waals surface area contributed by atoms with Crippen LogP contribution in [-0.2, 0) is 0 Å². The number of nitrogens with zero attached hydrogens (tertiary/aromatic N) is 2. The number of anilines is 1. The van der Waals surface area contributed by atoms with Gasteiger partial charge in [0.1, 0.15) is 11.5 Å². The highest BCUT2D eigenvalue weighted by Crippen LogP contribution is 2.36. The van der Waals surface area contributed by atoms with Gasteiger partial charge in [-0.2, -0.15) is 5.10 Å². The number of nitrogens with two attached hydrogens (primary N) is 1. The molecule has 0 unspecified atom stereocenters. The fourth-order valence-corrected chi connectivity index (χ4v) is 3.42. The van der Waals surface area contributed by atoms with Crippen molar-refractivity contribution in [3.8, 4) is 33.9 Å². The second kappa shape index (κ2) is 7.13. The van der Waals surface area contributed by atoms with E-state index in [1.54, 1.807) is 0 Å². The molecular weight excluding hydrogens is 360 g/mol. The van der Waals surface area contributed by atoms with Crippen molar-refractivity contribution in [2.45, 2.75) is 0 Å². The Kier molecular flexibility index (Phi) is 4.18. The Bertz CT molecular complexity index is 1260. The summed E-state index contributed by atoms with van der Waals surface area (Å²) in [5.74, 6) is 2.03. The Balaban J connectivity index is 1.55. The minimum atomic E-state index is 0.458. The van der Waals surface area contributed by atoms with Crippen LogP contribution in [0, 0.1) is 0 Å². The summed E-state index contributed by atoms with van der Waals surface area (Å²) in [6.45, 7) is 0. The lowest BCUT2D eigenvalue weighted by atomic mass is 10.0. The lowest BCUT2D eigenvalue weighted by molar-refractivity contribution is 0.483. The predicted octanol–water partition coefficient (Wildman–Crippen LogP) is 5.67. The molecule has 0 radical (unpaired) electrons. The second-order valence-electron chi connectivity index (χ2n) is 6.68. The number of nitrogens with one attached hydrogen (secondary N) is 1. The van der Waals surface area contributed by atoms with E-state index in [0.717, 1.165) is 44.8 Å². The zero-order chi connectivity index (χ0) is 19.6. The first-order valence-corrected chi connectivity index (χ1v) is 9.31. The molecule has 3 aromatic carbocycles. The van der Waals surface area contributed by atoms with Gasteiger partial charge in [0.05, 0.1) is 16.6 Å². The molecule has 0 bridgehead atoms. The zero-order valence-corrected chi connectivity index (χ0v) is 15.5. The quantitative estimate of drug-likeness (QED) is 0.423. The van der Waals surface area contributed by atoms with Gasteiger partial charge >= 0.3 is 0 Å². The smallest absolute Gasteiger partial charge is 0.153 e. The van der Waals surface area contributed by atoms with Gasteiger partial charge < -0.3 is 10.5 Å². The Labute approximate surface area is 167 Å². The third-order valence-corrected chi connectivity index (χ3v) is 4.81. The highest BCUT2D eigenvalue weighted by molar-refractivity contribution is 6.06. The second-order valence-corrected chi connectivity index (χ2v) is 6.68. The lowest BCUT2D eigenvalue weighted by Gasteiger charge is -2.09.